The van der Waals surface area contributed by atoms with Crippen molar-refractivity contribution in [2.75, 3.05) is 16.8 Å². The van der Waals surface area contributed by atoms with Gasteiger partial charge in [0.05, 0.1) is 35.3 Å². The SMILES string of the molecule is [2H]c1cc(C#N)c(C(F)(F)F)c([2H])c1N1C(=O)C2(CCC2)N(c2c([2H])c([2H])c(C(=O)NC)c(F)c2[2H])C1=S. The predicted octanol–water partition coefficient (Wildman–Crippen LogP) is 4.14. The Labute approximate surface area is 198 Å². The van der Waals surface area contributed by atoms with E-state index < -0.39 is 92.7 Å². The van der Waals surface area contributed by atoms with E-state index in [2.05, 4.69) is 5.32 Å². The molecule has 2 aromatic carbocycles. The maximum atomic E-state index is 15.2. The summed E-state index contributed by atoms with van der Waals surface area (Å²) in [5, 5.41) is 10.6. The second-order valence-electron chi connectivity index (χ2n) is 7.30. The Morgan fingerprint density at radius 2 is 1.97 bits per heavy atom. The molecule has 11 heteroatoms. The van der Waals surface area contributed by atoms with Crippen LogP contribution in [0.3, 0.4) is 0 Å². The van der Waals surface area contributed by atoms with Crippen molar-refractivity contribution in [2.45, 2.75) is 31.0 Å². The topological polar surface area (TPSA) is 76.4 Å². The van der Waals surface area contributed by atoms with Gasteiger partial charge < -0.3 is 10.2 Å². The molecule has 0 unspecified atom stereocenters. The summed E-state index contributed by atoms with van der Waals surface area (Å²) in [4.78, 5) is 27.2. The Bertz CT molecular complexity index is 1460. The molecule has 1 spiro atoms. The molecular formula is C22H16F4N4O2S. The lowest BCUT2D eigenvalue weighted by molar-refractivity contribution is -0.137. The molecule has 1 saturated carbocycles. The predicted molar refractivity (Wildman–Crippen MR) is 115 cm³/mol. The summed E-state index contributed by atoms with van der Waals surface area (Å²) in [6.07, 6.45) is -4.73. The molecule has 2 fully saturated rings. The number of thiocarbonyl (C=S) groups is 1. The van der Waals surface area contributed by atoms with Crippen molar-refractivity contribution < 1.29 is 34.0 Å². The second kappa shape index (κ2) is 7.81. The smallest absolute Gasteiger partial charge is 0.355 e. The molecule has 4 rings (SSSR count). The first-order valence-corrected chi connectivity index (χ1v) is 9.88. The van der Waals surface area contributed by atoms with Gasteiger partial charge in [0.25, 0.3) is 11.8 Å². The average molecular weight is 481 g/mol. The molecule has 6 nitrogen and oxygen atoms in total. The quantitative estimate of drug-likeness (QED) is 0.527. The van der Waals surface area contributed by atoms with Crippen LogP contribution in [0.2, 0.25) is 0 Å². The number of nitriles is 1. The van der Waals surface area contributed by atoms with Crippen LogP contribution >= 0.6 is 12.2 Å². The molecular weight excluding hydrogens is 460 g/mol. The Hall–Kier alpha value is -3.52. The van der Waals surface area contributed by atoms with Crippen molar-refractivity contribution >= 4 is 40.5 Å². The standard InChI is InChI=1S/C22H16F4N4O2S/c1-28-18(31)15-6-5-14(10-17(15)23)30-20(33)29(19(32)21(30)7-2-8-21)13-4-3-12(11-27)16(9-13)22(24,25)26/h3-6,9-10H,2,7-8H2,1H3,(H,28,31)/i4D,5D,6D,9D,10D. The van der Waals surface area contributed by atoms with Gasteiger partial charge in [-0.1, -0.05) is 0 Å². The number of halogens is 4. The van der Waals surface area contributed by atoms with Gasteiger partial charge in [0.1, 0.15) is 11.4 Å². The Morgan fingerprint density at radius 3 is 2.52 bits per heavy atom. The highest BCUT2D eigenvalue weighted by Gasteiger charge is 2.59. The summed E-state index contributed by atoms with van der Waals surface area (Å²) in [5.74, 6) is -3.51. The molecule has 1 aliphatic heterocycles. The highest BCUT2D eigenvalue weighted by molar-refractivity contribution is 7.81. The van der Waals surface area contributed by atoms with Gasteiger partial charge in [0.2, 0.25) is 0 Å². The van der Waals surface area contributed by atoms with Gasteiger partial charge in [-0.05, 0) is 67.8 Å². The van der Waals surface area contributed by atoms with Crippen LogP contribution < -0.4 is 15.1 Å². The van der Waals surface area contributed by atoms with Crippen LogP contribution in [0.4, 0.5) is 28.9 Å². The summed E-state index contributed by atoms with van der Waals surface area (Å²) < 4.78 is 97.7. The largest absolute Gasteiger partial charge is 0.417 e. The number of carbonyl (C=O) groups is 2. The fourth-order valence-electron chi connectivity index (χ4n) is 3.76. The third-order valence-corrected chi connectivity index (χ3v) is 5.88. The molecule has 1 saturated heterocycles. The van der Waals surface area contributed by atoms with Gasteiger partial charge in [-0.3, -0.25) is 14.5 Å². The van der Waals surface area contributed by atoms with Gasteiger partial charge >= 0.3 is 6.18 Å². The first kappa shape index (κ1) is 17.0. The maximum Gasteiger partial charge on any atom is 0.417 e. The summed E-state index contributed by atoms with van der Waals surface area (Å²) in [5.41, 5.74) is -6.77. The second-order valence-corrected chi connectivity index (χ2v) is 7.66. The molecule has 0 radical (unpaired) electrons. The number of nitrogens with zero attached hydrogens (tertiary/aromatic N) is 3. The molecule has 170 valence electrons. The normalized spacial score (nSPS) is 19.3. The van der Waals surface area contributed by atoms with Crippen molar-refractivity contribution in [3.8, 4) is 6.07 Å². The lowest BCUT2D eigenvalue weighted by Crippen LogP contribution is -2.55. The number of nitrogens with one attached hydrogen (secondary N) is 1. The van der Waals surface area contributed by atoms with E-state index in [1.807, 2.05) is 0 Å². The molecule has 33 heavy (non-hydrogen) atoms. The fraction of sp³-hybridized carbons (Fsp3) is 0.273. The van der Waals surface area contributed by atoms with Crippen molar-refractivity contribution in [3.63, 3.8) is 0 Å². The minimum absolute atomic E-state index is 0.0244. The Kier molecular flexibility index (Phi) is 4.03. The number of alkyl halides is 3. The van der Waals surface area contributed by atoms with E-state index in [4.69, 9.17) is 24.3 Å². The number of carbonyl (C=O) groups excluding carboxylic acids is 2. The van der Waals surface area contributed by atoms with E-state index in [0.29, 0.717) is 17.4 Å². The number of amides is 2. The molecule has 0 bridgehead atoms. The van der Waals surface area contributed by atoms with Crippen LogP contribution in [-0.4, -0.2) is 29.5 Å². The van der Waals surface area contributed by atoms with E-state index in [1.54, 1.807) is 0 Å². The molecule has 1 aliphatic carbocycles. The summed E-state index contributed by atoms with van der Waals surface area (Å²) in [7, 11) is 1.15. The first-order chi connectivity index (χ1) is 17.6. The number of hydrogen-bond donors (Lipinski definition) is 1. The van der Waals surface area contributed by atoms with E-state index >= 15 is 4.39 Å². The molecule has 1 heterocycles. The third-order valence-electron chi connectivity index (χ3n) is 5.52. The fourth-order valence-corrected chi connectivity index (χ4v) is 4.20. The third kappa shape index (κ3) is 3.41. The van der Waals surface area contributed by atoms with Crippen LogP contribution in [0.1, 0.15) is 47.6 Å². The number of benzene rings is 2. The monoisotopic (exact) mass is 481 g/mol. The van der Waals surface area contributed by atoms with Gasteiger partial charge in [-0.15, -0.1) is 0 Å². The van der Waals surface area contributed by atoms with Gasteiger partial charge in [0.15, 0.2) is 5.11 Å². The average Bonchev–Trinajstić information content (AvgIpc) is 3.03. The molecule has 1 N–H and O–H groups in total. The molecule has 2 aliphatic rings. The summed E-state index contributed by atoms with van der Waals surface area (Å²) >= 11 is 5.37. The van der Waals surface area contributed by atoms with Crippen LogP contribution in [0.5, 0.6) is 0 Å². The van der Waals surface area contributed by atoms with Crippen LogP contribution in [0, 0.1) is 17.1 Å². The highest BCUT2D eigenvalue weighted by atomic mass is 32.1. The lowest BCUT2D eigenvalue weighted by Gasteiger charge is -2.43. The summed E-state index contributed by atoms with van der Waals surface area (Å²) in [6.45, 7) is 0. The van der Waals surface area contributed by atoms with E-state index in [1.165, 1.54) is 6.07 Å². The van der Waals surface area contributed by atoms with E-state index in [0.717, 1.165) is 11.9 Å². The number of hydrogen-bond acceptors (Lipinski definition) is 4. The van der Waals surface area contributed by atoms with E-state index in [-0.39, 0.29) is 12.8 Å². The van der Waals surface area contributed by atoms with Crippen LogP contribution in [0.25, 0.3) is 0 Å². The van der Waals surface area contributed by atoms with Crippen molar-refractivity contribution in [2.24, 2.45) is 0 Å². The summed E-state index contributed by atoms with van der Waals surface area (Å²) in [6, 6.07) is -3.07. The first-order valence-electron chi connectivity index (χ1n) is 12.0. The lowest BCUT2D eigenvalue weighted by atomic mass is 9.75. The minimum Gasteiger partial charge on any atom is -0.355 e. The zero-order valence-corrected chi connectivity index (χ0v) is 17.6. The van der Waals surface area contributed by atoms with Crippen molar-refractivity contribution in [1.82, 2.24) is 5.32 Å². The maximum absolute atomic E-state index is 15.2. The van der Waals surface area contributed by atoms with Crippen LogP contribution in [0.15, 0.2) is 36.3 Å². The van der Waals surface area contributed by atoms with Gasteiger partial charge in [-0.25, -0.2) is 4.39 Å². The Morgan fingerprint density at radius 1 is 1.27 bits per heavy atom. The Balaban J connectivity index is 2.00. The molecule has 2 aromatic rings. The number of anilines is 2. The molecule has 0 aromatic heterocycles. The minimum atomic E-state index is -5.19. The van der Waals surface area contributed by atoms with Crippen molar-refractivity contribution in [3.05, 3.63) is 58.8 Å². The van der Waals surface area contributed by atoms with Gasteiger partial charge in [-0.2, -0.15) is 18.4 Å². The zero-order chi connectivity index (χ0) is 28.5. The van der Waals surface area contributed by atoms with E-state index in [9.17, 15) is 22.8 Å². The van der Waals surface area contributed by atoms with Crippen LogP contribution in [-0.2, 0) is 11.0 Å². The van der Waals surface area contributed by atoms with Crippen molar-refractivity contribution in [1.29, 1.82) is 5.26 Å². The number of rotatable bonds is 3. The molecule has 0 atom stereocenters. The zero-order valence-electron chi connectivity index (χ0n) is 21.8. The van der Waals surface area contributed by atoms with Gasteiger partial charge in [0, 0.05) is 12.7 Å². The molecule has 2 amide bonds. The highest BCUT2D eigenvalue weighted by Crippen LogP contribution is 2.48.